The Labute approximate surface area is 151 Å². The first-order valence-corrected chi connectivity index (χ1v) is 8.69. The first-order valence-electron chi connectivity index (χ1n) is 8.69. The van der Waals surface area contributed by atoms with Crippen molar-refractivity contribution < 1.29 is 14.3 Å². The molecule has 2 amide bonds. The van der Waals surface area contributed by atoms with Gasteiger partial charge in [0.1, 0.15) is 5.69 Å². The molecule has 0 saturated carbocycles. The summed E-state index contributed by atoms with van der Waals surface area (Å²) in [4.78, 5) is 34.6. The Hall–Kier alpha value is -2.74. The molecule has 0 radical (unpaired) electrons. The van der Waals surface area contributed by atoms with Gasteiger partial charge in [-0.05, 0) is 12.1 Å². The van der Waals surface area contributed by atoms with Crippen LogP contribution in [0.2, 0.25) is 0 Å². The van der Waals surface area contributed by atoms with Gasteiger partial charge in [0.05, 0.1) is 24.6 Å². The third kappa shape index (κ3) is 3.20. The zero-order chi connectivity index (χ0) is 18.1. The normalized spacial score (nSPS) is 24.5. The third-order valence-corrected chi connectivity index (χ3v) is 5.10. The molecule has 0 spiro atoms. The van der Waals surface area contributed by atoms with Crippen molar-refractivity contribution in [3.8, 4) is 0 Å². The highest BCUT2D eigenvalue weighted by Gasteiger charge is 2.45. The fourth-order valence-electron chi connectivity index (χ4n) is 3.68. The standard InChI is InChI=1S/C18H21N5O3/c1-22-8-15(21-11-22)18(25)23-7-14-13(10-26-16(14)9-23)6-20-17(24)12-3-2-4-19-5-12/h2-5,8,11,13-14,16H,6-7,9-10H2,1H3,(H,20,24)/t13-,14-,16-/m1/s1. The Balaban J connectivity index is 1.35. The lowest BCUT2D eigenvalue weighted by molar-refractivity contribution is 0.0670. The van der Waals surface area contributed by atoms with Crippen LogP contribution < -0.4 is 5.32 Å². The number of carbonyl (C=O) groups excluding carboxylic acids is 2. The summed E-state index contributed by atoms with van der Waals surface area (Å²) in [6.07, 6.45) is 6.56. The van der Waals surface area contributed by atoms with Gasteiger partial charge in [-0.2, -0.15) is 0 Å². The minimum absolute atomic E-state index is 0.0305. The highest BCUT2D eigenvalue weighted by atomic mass is 16.5. The number of hydrogen-bond donors (Lipinski definition) is 1. The molecule has 0 aliphatic carbocycles. The molecule has 136 valence electrons. The van der Waals surface area contributed by atoms with E-state index in [1.807, 2.05) is 7.05 Å². The zero-order valence-electron chi connectivity index (χ0n) is 14.5. The zero-order valence-corrected chi connectivity index (χ0v) is 14.5. The van der Waals surface area contributed by atoms with Crippen LogP contribution in [-0.2, 0) is 11.8 Å². The molecule has 2 aromatic rings. The van der Waals surface area contributed by atoms with E-state index in [4.69, 9.17) is 4.74 Å². The van der Waals surface area contributed by atoms with Crippen LogP contribution in [0.25, 0.3) is 0 Å². The van der Waals surface area contributed by atoms with Gasteiger partial charge < -0.3 is 19.5 Å². The number of hydrogen-bond acceptors (Lipinski definition) is 5. The number of nitrogens with zero attached hydrogens (tertiary/aromatic N) is 4. The van der Waals surface area contributed by atoms with Crippen LogP contribution in [0.15, 0.2) is 37.1 Å². The van der Waals surface area contributed by atoms with E-state index in [0.29, 0.717) is 37.5 Å². The summed E-state index contributed by atoms with van der Waals surface area (Å²) in [5.74, 6) is 0.224. The van der Waals surface area contributed by atoms with Gasteiger partial charge >= 0.3 is 0 Å². The van der Waals surface area contributed by atoms with E-state index in [-0.39, 0.29) is 29.8 Å². The molecule has 4 rings (SSSR count). The Morgan fingerprint density at radius 2 is 2.27 bits per heavy atom. The third-order valence-electron chi connectivity index (χ3n) is 5.10. The van der Waals surface area contributed by atoms with Crippen molar-refractivity contribution in [3.63, 3.8) is 0 Å². The molecular formula is C18H21N5O3. The number of imidazole rings is 1. The van der Waals surface area contributed by atoms with E-state index in [1.54, 1.807) is 46.5 Å². The number of likely N-dealkylation sites (tertiary alicyclic amines) is 1. The first kappa shape index (κ1) is 16.7. The Bertz CT molecular complexity index is 806. The number of rotatable bonds is 4. The summed E-state index contributed by atoms with van der Waals surface area (Å²) in [6.45, 7) is 2.34. The lowest BCUT2D eigenvalue weighted by atomic mass is 9.93. The van der Waals surface area contributed by atoms with Crippen molar-refractivity contribution in [2.24, 2.45) is 18.9 Å². The summed E-state index contributed by atoms with van der Waals surface area (Å²) in [5.41, 5.74) is 0.996. The molecule has 2 aliphatic heterocycles. The second-order valence-corrected chi connectivity index (χ2v) is 6.88. The Kier molecular flexibility index (Phi) is 4.42. The summed E-state index contributed by atoms with van der Waals surface area (Å²) >= 11 is 0. The minimum atomic E-state index is -0.138. The molecule has 26 heavy (non-hydrogen) atoms. The number of amides is 2. The second-order valence-electron chi connectivity index (χ2n) is 6.88. The predicted octanol–water partition coefficient (Wildman–Crippen LogP) is 0.332. The molecule has 8 heteroatoms. The van der Waals surface area contributed by atoms with Crippen LogP contribution in [0.4, 0.5) is 0 Å². The molecule has 3 atom stereocenters. The molecule has 0 unspecified atom stereocenters. The minimum Gasteiger partial charge on any atom is -0.376 e. The molecule has 2 fully saturated rings. The second kappa shape index (κ2) is 6.87. The maximum absolute atomic E-state index is 12.6. The monoisotopic (exact) mass is 355 g/mol. The van der Waals surface area contributed by atoms with Gasteiger partial charge in [-0.15, -0.1) is 0 Å². The molecule has 2 saturated heterocycles. The van der Waals surface area contributed by atoms with Crippen LogP contribution in [-0.4, -0.2) is 63.6 Å². The van der Waals surface area contributed by atoms with Crippen LogP contribution in [0.1, 0.15) is 20.8 Å². The van der Waals surface area contributed by atoms with Crippen molar-refractivity contribution in [3.05, 3.63) is 48.3 Å². The average Bonchev–Trinajstić information content (AvgIpc) is 3.36. The van der Waals surface area contributed by atoms with E-state index in [9.17, 15) is 9.59 Å². The molecule has 4 heterocycles. The Morgan fingerprint density at radius 3 is 3.00 bits per heavy atom. The largest absolute Gasteiger partial charge is 0.376 e. The quantitative estimate of drug-likeness (QED) is 0.854. The number of aromatic nitrogens is 3. The van der Waals surface area contributed by atoms with Crippen LogP contribution in [0, 0.1) is 11.8 Å². The number of pyridine rings is 1. The maximum atomic E-state index is 12.6. The summed E-state index contributed by atoms with van der Waals surface area (Å²) < 4.78 is 7.63. The van der Waals surface area contributed by atoms with E-state index in [2.05, 4.69) is 15.3 Å². The van der Waals surface area contributed by atoms with Gasteiger partial charge in [0.25, 0.3) is 11.8 Å². The number of fused-ring (bicyclic) bond motifs is 1. The SMILES string of the molecule is Cn1cnc(C(=O)N2C[C@@H]3[C@H](CNC(=O)c4cccnc4)CO[C@@H]3C2)c1. The first-order chi connectivity index (χ1) is 12.6. The van der Waals surface area contributed by atoms with Gasteiger partial charge in [-0.3, -0.25) is 14.6 Å². The van der Waals surface area contributed by atoms with Crippen LogP contribution in [0.3, 0.4) is 0 Å². The molecule has 0 bridgehead atoms. The summed E-state index contributed by atoms with van der Waals surface area (Å²) in [6, 6.07) is 3.47. The highest BCUT2D eigenvalue weighted by Crippen LogP contribution is 2.33. The van der Waals surface area contributed by atoms with Gasteiger partial charge in [0.15, 0.2) is 0 Å². The van der Waals surface area contributed by atoms with Crippen molar-refractivity contribution in [2.75, 3.05) is 26.2 Å². The average molecular weight is 355 g/mol. The fourth-order valence-corrected chi connectivity index (χ4v) is 3.68. The van der Waals surface area contributed by atoms with Crippen molar-refractivity contribution in [1.29, 1.82) is 0 Å². The van der Waals surface area contributed by atoms with E-state index in [0.717, 1.165) is 0 Å². The number of ether oxygens (including phenoxy) is 1. The van der Waals surface area contributed by atoms with Crippen molar-refractivity contribution in [1.82, 2.24) is 24.8 Å². The van der Waals surface area contributed by atoms with Crippen molar-refractivity contribution >= 4 is 11.8 Å². The lowest BCUT2D eigenvalue weighted by Crippen LogP contribution is -2.35. The van der Waals surface area contributed by atoms with E-state index < -0.39 is 0 Å². The smallest absolute Gasteiger partial charge is 0.274 e. The topological polar surface area (TPSA) is 89.4 Å². The molecule has 0 aromatic carbocycles. The number of aryl methyl sites for hydroxylation is 1. The summed E-state index contributed by atoms with van der Waals surface area (Å²) in [5, 5.41) is 2.95. The van der Waals surface area contributed by atoms with Gasteiger partial charge in [0, 0.05) is 57.1 Å². The Morgan fingerprint density at radius 1 is 1.38 bits per heavy atom. The number of carbonyl (C=O) groups is 2. The van der Waals surface area contributed by atoms with Gasteiger partial charge in [-0.25, -0.2) is 4.98 Å². The lowest BCUT2D eigenvalue weighted by Gasteiger charge is -2.19. The van der Waals surface area contributed by atoms with Crippen LogP contribution >= 0.6 is 0 Å². The maximum Gasteiger partial charge on any atom is 0.274 e. The molecule has 1 N–H and O–H groups in total. The van der Waals surface area contributed by atoms with Gasteiger partial charge in [-0.1, -0.05) is 0 Å². The van der Waals surface area contributed by atoms with Crippen molar-refractivity contribution in [2.45, 2.75) is 6.10 Å². The summed E-state index contributed by atoms with van der Waals surface area (Å²) in [7, 11) is 1.84. The van der Waals surface area contributed by atoms with E-state index >= 15 is 0 Å². The molecule has 2 aromatic heterocycles. The van der Waals surface area contributed by atoms with E-state index in [1.165, 1.54) is 0 Å². The molecule has 8 nitrogen and oxygen atoms in total. The number of nitrogens with one attached hydrogen (secondary N) is 1. The van der Waals surface area contributed by atoms with Gasteiger partial charge in [0.2, 0.25) is 0 Å². The van der Waals surface area contributed by atoms with Crippen LogP contribution in [0.5, 0.6) is 0 Å². The molecular weight excluding hydrogens is 334 g/mol. The predicted molar refractivity (Wildman–Crippen MR) is 92.4 cm³/mol. The highest BCUT2D eigenvalue weighted by molar-refractivity contribution is 5.94. The fraction of sp³-hybridized carbons (Fsp3) is 0.444. The molecule has 2 aliphatic rings.